The Morgan fingerprint density at radius 1 is 0.923 bits per heavy atom. The van der Waals surface area contributed by atoms with Crippen LogP contribution in [-0.4, -0.2) is 24.9 Å². The van der Waals surface area contributed by atoms with Crippen molar-refractivity contribution in [3.05, 3.63) is 48.0 Å². The molecule has 0 aliphatic carbocycles. The molecular weight excluding hydrogens is 328 g/mol. The minimum atomic E-state index is -0.748. The van der Waals surface area contributed by atoms with Gasteiger partial charge < -0.3 is 21.3 Å². The zero-order valence-corrected chi connectivity index (χ0v) is 14.9. The van der Waals surface area contributed by atoms with Gasteiger partial charge in [-0.2, -0.15) is 0 Å². The lowest BCUT2D eigenvalue weighted by Gasteiger charge is -2.28. The van der Waals surface area contributed by atoms with Gasteiger partial charge in [0, 0.05) is 24.5 Å². The van der Waals surface area contributed by atoms with Crippen molar-refractivity contribution in [2.75, 3.05) is 34.4 Å². The summed E-state index contributed by atoms with van der Waals surface area (Å²) in [5.74, 6) is -1.47. The molecule has 1 heterocycles. The second-order valence-electron chi connectivity index (χ2n) is 6.59. The van der Waals surface area contributed by atoms with Gasteiger partial charge in [-0.25, -0.2) is 0 Å². The molecule has 0 atom stereocenters. The first-order valence-electron chi connectivity index (χ1n) is 8.86. The molecule has 0 aromatic heterocycles. The van der Waals surface area contributed by atoms with Crippen LogP contribution in [0.3, 0.4) is 0 Å². The van der Waals surface area contributed by atoms with Crippen molar-refractivity contribution in [1.82, 2.24) is 0 Å². The number of carbonyl (C=O) groups excluding carboxylic acids is 2. The minimum Gasteiger partial charge on any atom is -0.397 e. The number of hydrogen-bond acceptors (Lipinski definition) is 4. The van der Waals surface area contributed by atoms with Crippen molar-refractivity contribution >= 4 is 34.6 Å². The number of nitrogens with two attached hydrogens (primary N) is 1. The van der Waals surface area contributed by atoms with E-state index in [2.05, 4.69) is 15.5 Å². The fourth-order valence-electron chi connectivity index (χ4n) is 3.05. The zero-order chi connectivity index (χ0) is 18.5. The van der Waals surface area contributed by atoms with E-state index in [1.165, 1.54) is 19.3 Å². The van der Waals surface area contributed by atoms with E-state index in [-0.39, 0.29) is 0 Å². The highest BCUT2D eigenvalue weighted by molar-refractivity contribution is 6.43. The van der Waals surface area contributed by atoms with Gasteiger partial charge >= 0.3 is 11.8 Å². The topological polar surface area (TPSA) is 87.5 Å². The number of anilines is 4. The summed E-state index contributed by atoms with van der Waals surface area (Å²) in [4.78, 5) is 26.6. The Bertz CT molecular complexity index is 796. The van der Waals surface area contributed by atoms with E-state index in [0.717, 1.165) is 24.3 Å². The van der Waals surface area contributed by atoms with Crippen molar-refractivity contribution in [2.45, 2.75) is 26.2 Å². The van der Waals surface area contributed by atoms with Gasteiger partial charge in [0.05, 0.1) is 11.4 Å². The predicted molar refractivity (Wildman–Crippen MR) is 105 cm³/mol. The van der Waals surface area contributed by atoms with Crippen molar-refractivity contribution in [3.8, 4) is 0 Å². The molecule has 136 valence electrons. The van der Waals surface area contributed by atoms with Gasteiger partial charge in [-0.15, -0.1) is 0 Å². The van der Waals surface area contributed by atoms with Crippen molar-refractivity contribution in [1.29, 1.82) is 0 Å². The van der Waals surface area contributed by atoms with E-state index in [0.29, 0.717) is 17.1 Å². The summed E-state index contributed by atoms with van der Waals surface area (Å²) in [6, 6.07) is 12.8. The summed E-state index contributed by atoms with van der Waals surface area (Å²) < 4.78 is 0. The van der Waals surface area contributed by atoms with Gasteiger partial charge in [-0.3, -0.25) is 9.59 Å². The molecule has 2 aromatic carbocycles. The number of amides is 2. The molecular formula is C20H24N4O2. The zero-order valence-electron chi connectivity index (χ0n) is 14.9. The third-order valence-corrected chi connectivity index (χ3v) is 4.51. The van der Waals surface area contributed by atoms with E-state index >= 15 is 0 Å². The smallest absolute Gasteiger partial charge is 0.314 e. The average Bonchev–Trinajstić information content (AvgIpc) is 2.66. The number of nitrogens with one attached hydrogen (secondary N) is 2. The molecule has 6 nitrogen and oxygen atoms in total. The van der Waals surface area contributed by atoms with Gasteiger partial charge in [0.2, 0.25) is 0 Å². The summed E-state index contributed by atoms with van der Waals surface area (Å²) >= 11 is 0. The number of aryl methyl sites for hydroxylation is 1. The maximum Gasteiger partial charge on any atom is 0.314 e. The maximum absolute atomic E-state index is 12.1. The highest BCUT2D eigenvalue weighted by atomic mass is 16.2. The Morgan fingerprint density at radius 3 is 2.27 bits per heavy atom. The molecule has 26 heavy (non-hydrogen) atoms. The number of piperidine rings is 1. The van der Waals surface area contributed by atoms with E-state index in [9.17, 15) is 9.59 Å². The Balaban J connectivity index is 1.60. The monoisotopic (exact) mass is 352 g/mol. The second kappa shape index (κ2) is 7.91. The molecule has 0 radical (unpaired) electrons. The largest absolute Gasteiger partial charge is 0.397 e. The summed E-state index contributed by atoms with van der Waals surface area (Å²) in [6.07, 6.45) is 3.70. The first-order chi connectivity index (χ1) is 12.5. The number of carbonyl (C=O) groups is 2. The molecule has 1 saturated heterocycles. The van der Waals surface area contributed by atoms with Gasteiger partial charge in [0.15, 0.2) is 0 Å². The van der Waals surface area contributed by atoms with Crippen LogP contribution >= 0.6 is 0 Å². The van der Waals surface area contributed by atoms with Gasteiger partial charge in [-0.1, -0.05) is 6.07 Å². The molecule has 3 rings (SSSR count). The molecule has 2 amide bonds. The first kappa shape index (κ1) is 17.8. The average molecular weight is 352 g/mol. The highest BCUT2D eigenvalue weighted by Crippen LogP contribution is 2.22. The number of rotatable bonds is 3. The fraction of sp³-hybridized carbons (Fsp3) is 0.300. The number of hydrogen-bond donors (Lipinski definition) is 3. The van der Waals surface area contributed by atoms with Crippen LogP contribution in [-0.2, 0) is 9.59 Å². The molecule has 0 saturated carbocycles. The normalized spacial score (nSPS) is 14.0. The van der Waals surface area contributed by atoms with Crippen molar-refractivity contribution in [3.63, 3.8) is 0 Å². The minimum absolute atomic E-state index is 0.419. The first-order valence-corrected chi connectivity index (χ1v) is 8.86. The Morgan fingerprint density at radius 2 is 1.58 bits per heavy atom. The molecule has 0 unspecified atom stereocenters. The Labute approximate surface area is 153 Å². The summed E-state index contributed by atoms with van der Waals surface area (Å²) in [5.41, 5.74) is 9.35. The Hall–Kier alpha value is -3.02. The third-order valence-electron chi connectivity index (χ3n) is 4.51. The maximum atomic E-state index is 12.1. The molecule has 4 N–H and O–H groups in total. The SMILES string of the molecule is Cc1ccc(N)c(NC(=O)C(=O)Nc2ccc(N3CCCCC3)cc2)c1. The third kappa shape index (κ3) is 4.33. The van der Waals surface area contributed by atoms with E-state index < -0.39 is 11.8 Å². The molecule has 1 fully saturated rings. The van der Waals surface area contributed by atoms with Crippen LogP contribution in [0.5, 0.6) is 0 Å². The van der Waals surface area contributed by atoms with Crippen LogP contribution in [0.4, 0.5) is 22.7 Å². The summed E-state index contributed by atoms with van der Waals surface area (Å²) in [6.45, 7) is 4.01. The van der Waals surface area contributed by atoms with Gasteiger partial charge in [0.25, 0.3) is 0 Å². The van der Waals surface area contributed by atoms with E-state index in [1.807, 2.05) is 37.3 Å². The van der Waals surface area contributed by atoms with E-state index in [1.54, 1.807) is 12.1 Å². The lowest BCUT2D eigenvalue weighted by Crippen LogP contribution is -2.30. The fourth-order valence-corrected chi connectivity index (χ4v) is 3.05. The van der Waals surface area contributed by atoms with Crippen LogP contribution in [0.25, 0.3) is 0 Å². The lowest BCUT2D eigenvalue weighted by atomic mass is 10.1. The standard InChI is InChI=1S/C20H24N4O2/c1-14-5-10-17(21)18(13-14)23-20(26)19(25)22-15-6-8-16(9-7-15)24-11-3-2-4-12-24/h5-10,13H,2-4,11-12,21H2,1H3,(H,22,25)(H,23,26). The van der Waals surface area contributed by atoms with Crippen LogP contribution in [0, 0.1) is 6.92 Å². The van der Waals surface area contributed by atoms with Crippen LogP contribution in [0.2, 0.25) is 0 Å². The Kier molecular flexibility index (Phi) is 5.41. The summed E-state index contributed by atoms with van der Waals surface area (Å²) in [5, 5.41) is 5.17. The number of nitrogen functional groups attached to an aromatic ring is 1. The number of benzene rings is 2. The lowest BCUT2D eigenvalue weighted by molar-refractivity contribution is -0.132. The van der Waals surface area contributed by atoms with Gasteiger partial charge in [0.1, 0.15) is 0 Å². The summed E-state index contributed by atoms with van der Waals surface area (Å²) in [7, 11) is 0. The van der Waals surface area contributed by atoms with Gasteiger partial charge in [-0.05, 0) is 68.1 Å². The molecule has 1 aliphatic heterocycles. The van der Waals surface area contributed by atoms with Crippen molar-refractivity contribution in [2.24, 2.45) is 0 Å². The van der Waals surface area contributed by atoms with Crippen LogP contribution in [0.1, 0.15) is 24.8 Å². The molecule has 6 heteroatoms. The quantitative estimate of drug-likeness (QED) is 0.585. The molecule has 0 spiro atoms. The second-order valence-corrected chi connectivity index (χ2v) is 6.59. The van der Waals surface area contributed by atoms with E-state index in [4.69, 9.17) is 5.73 Å². The molecule has 1 aliphatic rings. The molecule has 0 bridgehead atoms. The van der Waals surface area contributed by atoms with Crippen LogP contribution in [0.15, 0.2) is 42.5 Å². The van der Waals surface area contributed by atoms with Crippen LogP contribution < -0.4 is 21.3 Å². The predicted octanol–water partition coefficient (Wildman–Crippen LogP) is 3.14. The van der Waals surface area contributed by atoms with Crippen molar-refractivity contribution < 1.29 is 9.59 Å². The molecule has 2 aromatic rings. The number of nitrogens with zero attached hydrogens (tertiary/aromatic N) is 1. The highest BCUT2D eigenvalue weighted by Gasteiger charge is 2.16.